The quantitative estimate of drug-likeness (QED) is 0.381. The highest BCUT2D eigenvalue weighted by molar-refractivity contribution is 9.10. The maximum absolute atomic E-state index is 12.6. The van der Waals surface area contributed by atoms with Gasteiger partial charge in [0.15, 0.2) is 18.2 Å². The van der Waals surface area contributed by atoms with Gasteiger partial charge in [0.1, 0.15) is 5.75 Å². The van der Waals surface area contributed by atoms with Crippen molar-refractivity contribution in [1.29, 1.82) is 0 Å². The summed E-state index contributed by atoms with van der Waals surface area (Å²) >= 11 is 9.32. The zero-order valence-corrected chi connectivity index (χ0v) is 19.0. The van der Waals surface area contributed by atoms with Crippen molar-refractivity contribution in [1.82, 2.24) is 19.6 Å². The smallest absolute Gasteiger partial charge is 0.277 e. The lowest BCUT2D eigenvalue weighted by Gasteiger charge is -2.06. The molecule has 9 heteroatoms. The van der Waals surface area contributed by atoms with E-state index in [2.05, 4.69) is 31.4 Å². The molecule has 1 N–H and O–H groups in total. The van der Waals surface area contributed by atoms with Gasteiger partial charge in [0, 0.05) is 27.5 Å². The third kappa shape index (κ3) is 5.53. The van der Waals surface area contributed by atoms with E-state index in [0.29, 0.717) is 23.1 Å². The largest absolute Gasteiger partial charge is 0.471 e. The molecule has 0 fully saturated rings. The second-order valence-electron chi connectivity index (χ2n) is 6.88. The normalized spacial score (nSPS) is 10.8. The van der Waals surface area contributed by atoms with Gasteiger partial charge >= 0.3 is 0 Å². The number of nitrogens with zero attached hydrogens (tertiary/aromatic N) is 4. The van der Waals surface area contributed by atoms with Crippen LogP contribution in [0.1, 0.15) is 21.7 Å². The van der Waals surface area contributed by atoms with Gasteiger partial charge in [-0.3, -0.25) is 9.48 Å². The number of hydrogen-bond acceptors (Lipinski definition) is 4. The van der Waals surface area contributed by atoms with Crippen LogP contribution < -0.4 is 10.1 Å². The molecule has 0 spiro atoms. The van der Waals surface area contributed by atoms with Crippen LogP contribution in [0.5, 0.6) is 5.75 Å². The van der Waals surface area contributed by atoms with Gasteiger partial charge in [-0.05, 0) is 55.0 Å². The number of carbonyl (C=O) groups excluding carboxylic acids is 1. The summed E-state index contributed by atoms with van der Waals surface area (Å²) in [5.74, 6) is 0.849. The van der Waals surface area contributed by atoms with Crippen molar-refractivity contribution in [2.75, 3.05) is 5.32 Å². The minimum absolute atomic E-state index is 0.198. The Bertz CT molecular complexity index is 1190. The molecule has 0 unspecified atom stereocenters. The van der Waals surface area contributed by atoms with Crippen LogP contribution in [0.2, 0.25) is 5.02 Å². The fourth-order valence-electron chi connectivity index (χ4n) is 2.90. The number of ether oxygens (including phenoxy) is 1. The Hall–Kier alpha value is -3.10. The van der Waals surface area contributed by atoms with E-state index in [0.717, 1.165) is 15.7 Å². The SMILES string of the molecule is Cc1cc(NC(=O)c2ccn(COc3ccc(Br)cc3)n2)nn1Cc1ccc(Cl)cc1. The number of hydrogen-bond donors (Lipinski definition) is 1. The van der Waals surface area contributed by atoms with Gasteiger partial charge in [-0.15, -0.1) is 0 Å². The average molecular weight is 501 g/mol. The van der Waals surface area contributed by atoms with Crippen molar-refractivity contribution in [3.63, 3.8) is 0 Å². The van der Waals surface area contributed by atoms with E-state index < -0.39 is 0 Å². The molecule has 0 atom stereocenters. The van der Waals surface area contributed by atoms with E-state index in [4.69, 9.17) is 16.3 Å². The van der Waals surface area contributed by atoms with Crippen molar-refractivity contribution < 1.29 is 9.53 Å². The highest BCUT2D eigenvalue weighted by Crippen LogP contribution is 2.17. The van der Waals surface area contributed by atoms with E-state index in [-0.39, 0.29) is 18.3 Å². The molecular weight excluding hydrogens is 482 g/mol. The van der Waals surface area contributed by atoms with Crippen molar-refractivity contribution in [3.8, 4) is 5.75 Å². The lowest BCUT2D eigenvalue weighted by atomic mass is 10.2. The first-order chi connectivity index (χ1) is 15.0. The molecule has 0 saturated carbocycles. The first-order valence-electron chi connectivity index (χ1n) is 9.48. The second-order valence-corrected chi connectivity index (χ2v) is 8.23. The zero-order chi connectivity index (χ0) is 21.8. The summed E-state index contributed by atoms with van der Waals surface area (Å²) in [5, 5.41) is 12.2. The number of anilines is 1. The van der Waals surface area contributed by atoms with Gasteiger partial charge in [-0.2, -0.15) is 10.2 Å². The minimum atomic E-state index is -0.335. The predicted octanol–water partition coefficient (Wildman–Crippen LogP) is 5.14. The summed E-state index contributed by atoms with van der Waals surface area (Å²) < 4.78 is 10.0. The molecule has 7 nitrogen and oxygen atoms in total. The summed E-state index contributed by atoms with van der Waals surface area (Å²) in [5.41, 5.74) is 2.28. The van der Waals surface area contributed by atoms with E-state index in [1.54, 1.807) is 16.9 Å². The minimum Gasteiger partial charge on any atom is -0.471 e. The number of amides is 1. The van der Waals surface area contributed by atoms with Crippen molar-refractivity contribution in [2.24, 2.45) is 0 Å². The topological polar surface area (TPSA) is 74.0 Å². The van der Waals surface area contributed by atoms with Gasteiger partial charge in [0.05, 0.1) is 6.54 Å². The molecule has 0 aliphatic heterocycles. The fourth-order valence-corrected chi connectivity index (χ4v) is 3.29. The number of rotatable bonds is 7. The maximum Gasteiger partial charge on any atom is 0.277 e. The van der Waals surface area contributed by atoms with Gasteiger partial charge in [0.2, 0.25) is 0 Å². The third-order valence-electron chi connectivity index (χ3n) is 4.52. The van der Waals surface area contributed by atoms with E-state index >= 15 is 0 Å². The average Bonchev–Trinajstić information content (AvgIpc) is 3.36. The lowest BCUT2D eigenvalue weighted by molar-refractivity contribution is 0.101. The number of aromatic nitrogens is 4. The molecule has 0 aliphatic carbocycles. The van der Waals surface area contributed by atoms with E-state index in [1.807, 2.05) is 66.2 Å². The molecule has 0 radical (unpaired) electrons. The Morgan fingerprint density at radius 1 is 1.10 bits per heavy atom. The fraction of sp³-hybridized carbons (Fsp3) is 0.136. The molecule has 31 heavy (non-hydrogen) atoms. The van der Waals surface area contributed by atoms with Gasteiger partial charge in [0.25, 0.3) is 5.91 Å². The molecule has 0 saturated heterocycles. The molecule has 0 aliphatic rings. The molecule has 2 aromatic carbocycles. The Labute approximate surface area is 192 Å². The molecule has 2 heterocycles. The molecule has 2 aromatic heterocycles. The van der Waals surface area contributed by atoms with E-state index in [1.165, 1.54) is 0 Å². The Morgan fingerprint density at radius 3 is 2.58 bits per heavy atom. The maximum atomic E-state index is 12.6. The molecule has 158 valence electrons. The third-order valence-corrected chi connectivity index (χ3v) is 5.30. The monoisotopic (exact) mass is 499 g/mol. The Kier molecular flexibility index (Phi) is 6.39. The summed E-state index contributed by atoms with van der Waals surface area (Å²) in [6.45, 7) is 2.72. The molecule has 4 aromatic rings. The highest BCUT2D eigenvalue weighted by atomic mass is 79.9. The number of halogens is 2. The Balaban J connectivity index is 1.36. The number of aryl methyl sites for hydroxylation is 1. The summed E-state index contributed by atoms with van der Waals surface area (Å²) in [7, 11) is 0. The van der Waals surface area contributed by atoms with Crippen LogP contribution in [-0.2, 0) is 13.3 Å². The number of carbonyl (C=O) groups is 1. The molecule has 1 amide bonds. The van der Waals surface area contributed by atoms with Crippen LogP contribution in [-0.4, -0.2) is 25.5 Å². The molecular formula is C22H19BrClN5O2. The van der Waals surface area contributed by atoms with Crippen LogP contribution >= 0.6 is 27.5 Å². The Morgan fingerprint density at radius 2 is 1.84 bits per heavy atom. The first-order valence-corrected chi connectivity index (χ1v) is 10.7. The number of benzene rings is 2. The second kappa shape index (κ2) is 9.36. The van der Waals surface area contributed by atoms with Crippen molar-refractivity contribution in [2.45, 2.75) is 20.2 Å². The zero-order valence-electron chi connectivity index (χ0n) is 16.6. The molecule has 0 bridgehead atoms. The standard InChI is InChI=1S/C22H19BrClN5O2/c1-15-12-21(27-29(15)13-16-2-6-18(24)7-3-16)25-22(30)20-10-11-28(26-20)14-31-19-8-4-17(23)5-9-19/h2-12H,13-14H2,1H3,(H,25,27,30). The van der Waals surface area contributed by atoms with Crippen molar-refractivity contribution >= 4 is 39.3 Å². The van der Waals surface area contributed by atoms with Crippen LogP contribution in [0.15, 0.2) is 71.3 Å². The summed E-state index contributed by atoms with van der Waals surface area (Å²) in [4.78, 5) is 12.6. The van der Waals surface area contributed by atoms with Crippen LogP contribution in [0.3, 0.4) is 0 Å². The van der Waals surface area contributed by atoms with Gasteiger partial charge < -0.3 is 10.1 Å². The van der Waals surface area contributed by atoms with Crippen LogP contribution in [0, 0.1) is 6.92 Å². The first kappa shape index (κ1) is 21.1. The van der Waals surface area contributed by atoms with Gasteiger partial charge in [-0.25, -0.2) is 4.68 Å². The number of nitrogens with one attached hydrogen (secondary N) is 1. The van der Waals surface area contributed by atoms with Crippen LogP contribution in [0.4, 0.5) is 5.82 Å². The van der Waals surface area contributed by atoms with Crippen molar-refractivity contribution in [3.05, 3.63) is 93.3 Å². The molecule has 4 rings (SSSR count). The predicted molar refractivity (Wildman–Crippen MR) is 122 cm³/mol. The highest BCUT2D eigenvalue weighted by Gasteiger charge is 2.13. The summed E-state index contributed by atoms with van der Waals surface area (Å²) in [6.07, 6.45) is 1.69. The van der Waals surface area contributed by atoms with Crippen LogP contribution in [0.25, 0.3) is 0 Å². The lowest BCUT2D eigenvalue weighted by Crippen LogP contribution is -2.15. The van der Waals surface area contributed by atoms with Gasteiger partial charge in [-0.1, -0.05) is 39.7 Å². The summed E-state index contributed by atoms with van der Waals surface area (Å²) in [6, 6.07) is 18.5. The van der Waals surface area contributed by atoms with E-state index in [9.17, 15) is 4.79 Å².